The van der Waals surface area contributed by atoms with Crippen LogP contribution < -0.4 is 10.6 Å². The van der Waals surface area contributed by atoms with E-state index in [0.29, 0.717) is 18.5 Å². The van der Waals surface area contributed by atoms with Crippen LogP contribution in [0.2, 0.25) is 0 Å². The summed E-state index contributed by atoms with van der Waals surface area (Å²) in [6.45, 7) is 4.48. The van der Waals surface area contributed by atoms with Crippen LogP contribution >= 0.6 is 24.0 Å². The van der Waals surface area contributed by atoms with E-state index in [4.69, 9.17) is 0 Å². The number of hydrogen-bond acceptors (Lipinski definition) is 3. The van der Waals surface area contributed by atoms with Gasteiger partial charge in [-0.2, -0.15) is 0 Å². The molecule has 0 bridgehead atoms. The summed E-state index contributed by atoms with van der Waals surface area (Å²) in [5, 5.41) is 7.03. The highest BCUT2D eigenvalue weighted by Gasteiger charge is 2.27. The molecule has 1 saturated heterocycles. The van der Waals surface area contributed by atoms with Gasteiger partial charge in [-0.1, -0.05) is 26.2 Å². The third-order valence-electron chi connectivity index (χ3n) is 5.74. The summed E-state index contributed by atoms with van der Waals surface area (Å²) in [6.07, 6.45) is 8.39. The molecule has 152 valence electrons. The van der Waals surface area contributed by atoms with Crippen LogP contribution in [0, 0.1) is 5.92 Å². The van der Waals surface area contributed by atoms with E-state index in [1.54, 1.807) is 0 Å². The van der Waals surface area contributed by atoms with Gasteiger partial charge in [0, 0.05) is 45.2 Å². The van der Waals surface area contributed by atoms with Gasteiger partial charge in [-0.3, -0.25) is 9.79 Å². The maximum absolute atomic E-state index is 11.8. The van der Waals surface area contributed by atoms with Gasteiger partial charge in [0.2, 0.25) is 5.91 Å². The number of amides is 1. The first-order valence-electron chi connectivity index (χ1n) is 9.96. The predicted octanol–water partition coefficient (Wildman–Crippen LogP) is 2.29. The number of hydrogen-bond donors (Lipinski definition) is 2. The second kappa shape index (κ2) is 12.0. The van der Waals surface area contributed by atoms with Crippen LogP contribution in [0.25, 0.3) is 0 Å². The van der Waals surface area contributed by atoms with E-state index in [0.717, 1.165) is 37.9 Å². The highest BCUT2D eigenvalue weighted by Crippen LogP contribution is 2.28. The zero-order valence-electron chi connectivity index (χ0n) is 17.0. The lowest BCUT2D eigenvalue weighted by Crippen LogP contribution is -2.50. The number of guanidine groups is 1. The second-order valence-electron chi connectivity index (χ2n) is 7.71. The molecule has 2 rings (SSSR count). The molecule has 2 fully saturated rings. The van der Waals surface area contributed by atoms with Crippen molar-refractivity contribution in [2.45, 2.75) is 64.0 Å². The van der Waals surface area contributed by atoms with Crippen molar-refractivity contribution in [3.05, 3.63) is 0 Å². The third-order valence-corrected chi connectivity index (χ3v) is 5.74. The highest BCUT2D eigenvalue weighted by molar-refractivity contribution is 14.0. The molecular weight excluding hydrogens is 441 g/mol. The topological polar surface area (TPSA) is 60.0 Å². The molecule has 0 radical (unpaired) electrons. The van der Waals surface area contributed by atoms with Crippen molar-refractivity contribution in [3.8, 4) is 0 Å². The van der Waals surface area contributed by atoms with Crippen LogP contribution in [-0.2, 0) is 4.79 Å². The first-order valence-corrected chi connectivity index (χ1v) is 9.96. The molecule has 0 aromatic heterocycles. The van der Waals surface area contributed by atoms with Gasteiger partial charge in [-0.15, -0.1) is 24.0 Å². The summed E-state index contributed by atoms with van der Waals surface area (Å²) in [6, 6.07) is 0.842. The Morgan fingerprint density at radius 3 is 2.50 bits per heavy atom. The van der Waals surface area contributed by atoms with Crippen LogP contribution in [0.1, 0.15) is 51.9 Å². The SMILES string of the molecule is CCC(=O)N1CCC(NC(=NC)NCC(C2CCCCC2)N(C)C)C1.I. The zero-order valence-corrected chi connectivity index (χ0v) is 19.3. The van der Waals surface area contributed by atoms with Gasteiger partial charge in [0.1, 0.15) is 0 Å². The zero-order chi connectivity index (χ0) is 18.2. The molecule has 2 N–H and O–H groups in total. The van der Waals surface area contributed by atoms with E-state index < -0.39 is 0 Å². The molecule has 1 aliphatic carbocycles. The van der Waals surface area contributed by atoms with E-state index in [2.05, 4.69) is 34.6 Å². The smallest absolute Gasteiger partial charge is 0.222 e. The Bertz CT molecular complexity index is 451. The summed E-state index contributed by atoms with van der Waals surface area (Å²) in [5.41, 5.74) is 0. The molecule has 0 aromatic carbocycles. The minimum Gasteiger partial charge on any atom is -0.355 e. The first-order chi connectivity index (χ1) is 12.0. The van der Waals surface area contributed by atoms with Crippen molar-refractivity contribution in [1.29, 1.82) is 0 Å². The molecule has 26 heavy (non-hydrogen) atoms. The van der Waals surface area contributed by atoms with Gasteiger partial charge in [-0.05, 0) is 39.3 Å². The maximum atomic E-state index is 11.8. The molecular formula is C19H38IN5O. The van der Waals surface area contributed by atoms with E-state index >= 15 is 0 Å². The van der Waals surface area contributed by atoms with E-state index in [1.807, 2.05) is 18.9 Å². The van der Waals surface area contributed by atoms with Crippen molar-refractivity contribution >= 4 is 35.8 Å². The van der Waals surface area contributed by atoms with Crippen LogP contribution in [0.5, 0.6) is 0 Å². The minimum atomic E-state index is 0. The fourth-order valence-corrected chi connectivity index (χ4v) is 4.21. The Kier molecular flexibility index (Phi) is 10.8. The standard InChI is InChI=1S/C19H37N5O.HI/c1-5-18(25)24-12-11-16(14-24)22-19(20-2)21-13-17(23(3)4)15-9-7-6-8-10-15;/h15-17H,5-14H2,1-4H3,(H2,20,21,22);1H. The Morgan fingerprint density at radius 1 is 1.23 bits per heavy atom. The van der Waals surface area contributed by atoms with Crippen molar-refractivity contribution in [2.75, 3.05) is 40.8 Å². The number of nitrogens with zero attached hydrogens (tertiary/aromatic N) is 3. The minimum absolute atomic E-state index is 0. The normalized spacial score (nSPS) is 22.9. The molecule has 2 atom stereocenters. The lowest BCUT2D eigenvalue weighted by molar-refractivity contribution is -0.129. The largest absolute Gasteiger partial charge is 0.355 e. The van der Waals surface area contributed by atoms with Crippen molar-refractivity contribution in [1.82, 2.24) is 20.4 Å². The van der Waals surface area contributed by atoms with Crippen molar-refractivity contribution in [3.63, 3.8) is 0 Å². The van der Waals surface area contributed by atoms with Crippen LogP contribution in [0.4, 0.5) is 0 Å². The highest BCUT2D eigenvalue weighted by atomic mass is 127. The summed E-state index contributed by atoms with van der Waals surface area (Å²) in [7, 11) is 6.19. The van der Waals surface area contributed by atoms with Gasteiger partial charge in [-0.25, -0.2) is 0 Å². The molecule has 7 heteroatoms. The van der Waals surface area contributed by atoms with E-state index in [9.17, 15) is 4.79 Å². The van der Waals surface area contributed by atoms with Gasteiger partial charge in [0.05, 0.1) is 0 Å². The molecule has 0 aromatic rings. The number of likely N-dealkylation sites (N-methyl/N-ethyl adjacent to an activating group) is 1. The average molecular weight is 479 g/mol. The van der Waals surface area contributed by atoms with E-state index in [1.165, 1.54) is 32.1 Å². The number of aliphatic imine (C=N–C) groups is 1. The lowest BCUT2D eigenvalue weighted by atomic mass is 9.83. The first kappa shape index (κ1) is 23.5. The predicted molar refractivity (Wildman–Crippen MR) is 119 cm³/mol. The third kappa shape index (κ3) is 6.87. The summed E-state index contributed by atoms with van der Waals surface area (Å²) in [4.78, 5) is 20.5. The fourth-order valence-electron chi connectivity index (χ4n) is 4.21. The maximum Gasteiger partial charge on any atom is 0.222 e. The van der Waals surface area contributed by atoms with Crippen molar-refractivity contribution in [2.24, 2.45) is 10.9 Å². The molecule has 0 spiro atoms. The molecule has 6 nitrogen and oxygen atoms in total. The van der Waals surface area contributed by atoms with Gasteiger partial charge < -0.3 is 20.4 Å². The van der Waals surface area contributed by atoms with Crippen LogP contribution in [0.15, 0.2) is 4.99 Å². The molecule has 1 saturated carbocycles. The molecule has 1 amide bonds. The van der Waals surface area contributed by atoms with E-state index in [-0.39, 0.29) is 29.9 Å². The number of nitrogens with one attached hydrogen (secondary N) is 2. The van der Waals surface area contributed by atoms with Gasteiger partial charge >= 0.3 is 0 Å². The van der Waals surface area contributed by atoms with Gasteiger partial charge in [0.15, 0.2) is 5.96 Å². The molecule has 1 heterocycles. The summed E-state index contributed by atoms with van der Waals surface area (Å²) < 4.78 is 0. The Balaban J connectivity index is 0.00000338. The van der Waals surface area contributed by atoms with Crippen LogP contribution in [0.3, 0.4) is 0 Å². The number of halogens is 1. The number of carbonyl (C=O) groups excluding carboxylic acids is 1. The molecule has 2 aliphatic rings. The molecule has 1 aliphatic heterocycles. The average Bonchev–Trinajstić information content (AvgIpc) is 3.09. The fraction of sp³-hybridized carbons (Fsp3) is 0.895. The summed E-state index contributed by atoms with van der Waals surface area (Å²) in [5.74, 6) is 1.88. The number of carbonyl (C=O) groups is 1. The van der Waals surface area contributed by atoms with Gasteiger partial charge in [0.25, 0.3) is 0 Å². The Labute approximate surface area is 176 Å². The summed E-state index contributed by atoms with van der Waals surface area (Å²) >= 11 is 0. The molecule has 2 unspecified atom stereocenters. The number of rotatable bonds is 6. The quantitative estimate of drug-likeness (QED) is 0.349. The second-order valence-corrected chi connectivity index (χ2v) is 7.71. The Hall–Kier alpha value is -0.570. The number of likely N-dealkylation sites (tertiary alicyclic amines) is 1. The van der Waals surface area contributed by atoms with Crippen molar-refractivity contribution < 1.29 is 4.79 Å². The monoisotopic (exact) mass is 479 g/mol. The Morgan fingerprint density at radius 2 is 1.92 bits per heavy atom. The lowest BCUT2D eigenvalue weighted by Gasteiger charge is -2.35. The van der Waals surface area contributed by atoms with Crippen LogP contribution in [-0.4, -0.2) is 74.5 Å².